The first kappa shape index (κ1) is 13.9. The van der Waals surface area contributed by atoms with Gasteiger partial charge in [0, 0.05) is 0 Å². The Balaban J connectivity index is 3.04. The van der Waals surface area contributed by atoms with Gasteiger partial charge in [0.2, 0.25) is 0 Å². The third-order valence-electron chi connectivity index (χ3n) is 1.89. The molecule has 0 saturated heterocycles. The maximum atomic E-state index is 12.6. The summed E-state index contributed by atoms with van der Waals surface area (Å²) >= 11 is -0.293. The zero-order chi connectivity index (χ0) is 13.1. The van der Waals surface area contributed by atoms with Gasteiger partial charge in [0.05, 0.1) is 0 Å². The van der Waals surface area contributed by atoms with Gasteiger partial charge in [-0.25, -0.2) is 0 Å². The van der Waals surface area contributed by atoms with E-state index in [1.165, 1.54) is 12.1 Å². The van der Waals surface area contributed by atoms with Crippen LogP contribution in [0.15, 0.2) is 30.3 Å². The number of carbonyl (C=O) groups is 1. The molecule has 0 amide bonds. The van der Waals surface area contributed by atoms with E-state index in [2.05, 4.69) is 0 Å². The van der Waals surface area contributed by atoms with Crippen molar-refractivity contribution < 1.29 is 22.4 Å². The van der Waals surface area contributed by atoms with E-state index in [0.29, 0.717) is 16.1 Å². The van der Waals surface area contributed by atoms with Crippen molar-refractivity contribution in [3.05, 3.63) is 41.7 Å². The van der Waals surface area contributed by atoms with Gasteiger partial charge in [-0.05, 0) is 0 Å². The molecule has 1 aromatic carbocycles. The second-order valence-corrected chi connectivity index (χ2v) is 4.86. The van der Waals surface area contributed by atoms with Crippen LogP contribution in [0.1, 0.15) is 5.56 Å². The molecule has 1 nitrogen and oxygen atoms in total. The Morgan fingerprint density at radius 1 is 1.24 bits per heavy atom. The number of benzene rings is 1. The normalized spacial score (nSPS) is 12.6. The van der Waals surface area contributed by atoms with Crippen LogP contribution in [0.25, 0.3) is 4.47 Å². The summed E-state index contributed by atoms with van der Waals surface area (Å²) < 4.78 is 49.2. The van der Waals surface area contributed by atoms with E-state index in [1.54, 1.807) is 5.82 Å². The van der Waals surface area contributed by atoms with Gasteiger partial charge in [0.1, 0.15) is 0 Å². The quantitative estimate of drug-likeness (QED) is 0.476. The molecule has 0 radical (unpaired) electrons. The second-order valence-electron chi connectivity index (χ2n) is 3.08. The van der Waals surface area contributed by atoms with Crippen LogP contribution < -0.4 is 0 Å². The minimum atomic E-state index is -4.86. The van der Waals surface area contributed by atoms with E-state index in [0.717, 1.165) is 12.1 Å². The van der Waals surface area contributed by atoms with Crippen molar-refractivity contribution in [1.82, 2.24) is 0 Å². The molecule has 0 aromatic heterocycles. The topological polar surface area (TPSA) is 17.1 Å². The predicted octanol–water partition coefficient (Wildman–Crippen LogP) is 3.05. The van der Waals surface area contributed by atoms with E-state index in [4.69, 9.17) is 0 Å². The van der Waals surface area contributed by atoms with E-state index >= 15 is 0 Å². The summed E-state index contributed by atoms with van der Waals surface area (Å²) in [5.41, 5.74) is 0.437. The summed E-state index contributed by atoms with van der Waals surface area (Å²) in [5, 5.41) is 0. The van der Waals surface area contributed by atoms with Crippen LogP contribution in [-0.4, -0.2) is 26.9 Å². The molecule has 0 fully saturated rings. The molecule has 6 heteroatoms. The standard InChI is InChI=1S/C11H8F4OSe/c1-17-9(6-10(16)11(13,14)15)7-2-4-8(12)5-3-7/h2-6H,1H3/b9-6-. The Labute approximate surface area is 102 Å². The first-order valence-electron chi connectivity index (χ1n) is 4.47. The summed E-state index contributed by atoms with van der Waals surface area (Å²) in [6.45, 7) is 0. The Morgan fingerprint density at radius 3 is 2.18 bits per heavy atom. The molecule has 0 spiro atoms. The van der Waals surface area contributed by atoms with Crippen LogP contribution in [0.4, 0.5) is 17.6 Å². The average molecular weight is 311 g/mol. The van der Waals surface area contributed by atoms with Crippen LogP contribution in [0.5, 0.6) is 0 Å². The molecule has 0 aliphatic rings. The first-order valence-corrected chi connectivity index (χ1v) is 7.04. The molecule has 0 unspecified atom stereocenters. The van der Waals surface area contributed by atoms with Crippen molar-refractivity contribution in [2.75, 3.05) is 0 Å². The van der Waals surface area contributed by atoms with Crippen molar-refractivity contribution in [2.24, 2.45) is 0 Å². The Bertz CT molecular complexity index is 434. The van der Waals surface area contributed by atoms with Crippen molar-refractivity contribution in [3.63, 3.8) is 0 Å². The second kappa shape index (κ2) is 5.47. The Morgan fingerprint density at radius 2 is 1.76 bits per heavy atom. The molecular formula is C11H8F4OSe. The minimum absolute atomic E-state index is 0.292. The van der Waals surface area contributed by atoms with Crippen LogP contribution in [0, 0.1) is 5.82 Å². The number of ketones is 1. The summed E-state index contributed by atoms with van der Waals surface area (Å²) in [5.74, 6) is -0.675. The third kappa shape index (κ3) is 3.98. The molecule has 0 aliphatic heterocycles. The SMILES string of the molecule is C[Se]/C(=C\C(=O)C(F)(F)F)c1ccc(F)cc1. The van der Waals surface area contributed by atoms with Gasteiger partial charge in [-0.15, -0.1) is 0 Å². The van der Waals surface area contributed by atoms with Crippen LogP contribution in [-0.2, 0) is 4.79 Å². The summed E-state index contributed by atoms with van der Waals surface area (Å²) in [6.07, 6.45) is -4.29. The fraction of sp³-hybridized carbons (Fsp3) is 0.182. The molecule has 0 heterocycles. The van der Waals surface area contributed by atoms with Crippen molar-refractivity contribution in [1.29, 1.82) is 0 Å². The number of carbonyl (C=O) groups excluding carboxylic acids is 1. The Hall–Kier alpha value is -1.13. The number of allylic oxidation sites excluding steroid dienone is 1. The molecule has 17 heavy (non-hydrogen) atoms. The predicted molar refractivity (Wildman–Crippen MR) is 57.1 cm³/mol. The van der Waals surface area contributed by atoms with Crippen molar-refractivity contribution >= 4 is 25.2 Å². The van der Waals surface area contributed by atoms with Crippen LogP contribution in [0.3, 0.4) is 0 Å². The molecule has 1 rings (SSSR count). The molecule has 0 aliphatic carbocycles. The van der Waals surface area contributed by atoms with Crippen molar-refractivity contribution in [2.45, 2.75) is 12.0 Å². The van der Waals surface area contributed by atoms with Crippen LogP contribution in [0.2, 0.25) is 5.82 Å². The maximum absolute atomic E-state index is 12.6. The number of halogens is 4. The zero-order valence-corrected chi connectivity index (χ0v) is 10.4. The fourth-order valence-corrected chi connectivity index (χ4v) is 2.33. The van der Waals surface area contributed by atoms with E-state index in [9.17, 15) is 22.4 Å². The fourth-order valence-electron chi connectivity index (χ4n) is 1.08. The molecule has 0 N–H and O–H groups in total. The van der Waals surface area contributed by atoms with Gasteiger partial charge in [0.25, 0.3) is 0 Å². The van der Waals surface area contributed by atoms with E-state index in [1.807, 2.05) is 0 Å². The number of hydrogen-bond donors (Lipinski definition) is 0. The summed E-state index contributed by atoms with van der Waals surface area (Å²) in [7, 11) is 0. The Kier molecular flexibility index (Phi) is 4.48. The van der Waals surface area contributed by atoms with E-state index in [-0.39, 0.29) is 15.0 Å². The third-order valence-corrected chi connectivity index (χ3v) is 3.55. The molecule has 1 aromatic rings. The van der Waals surface area contributed by atoms with Gasteiger partial charge >= 0.3 is 101 Å². The van der Waals surface area contributed by atoms with Gasteiger partial charge in [-0.1, -0.05) is 0 Å². The monoisotopic (exact) mass is 312 g/mol. The molecule has 0 atom stereocenters. The molecule has 0 bridgehead atoms. The number of rotatable bonds is 3. The summed E-state index contributed by atoms with van der Waals surface area (Å²) in [4.78, 5) is 10.8. The first-order chi connectivity index (χ1) is 7.84. The van der Waals surface area contributed by atoms with E-state index < -0.39 is 17.8 Å². The number of hydrogen-bond acceptors (Lipinski definition) is 1. The van der Waals surface area contributed by atoms with Gasteiger partial charge in [-0.3, -0.25) is 0 Å². The summed E-state index contributed by atoms with van der Waals surface area (Å²) in [6, 6.07) is 5.01. The van der Waals surface area contributed by atoms with Gasteiger partial charge < -0.3 is 0 Å². The van der Waals surface area contributed by atoms with Crippen LogP contribution >= 0.6 is 0 Å². The molecule has 92 valence electrons. The zero-order valence-electron chi connectivity index (χ0n) is 8.72. The molecular weight excluding hydrogens is 303 g/mol. The average Bonchev–Trinajstić information content (AvgIpc) is 2.25. The van der Waals surface area contributed by atoms with Gasteiger partial charge in [-0.2, -0.15) is 0 Å². The number of alkyl halides is 3. The van der Waals surface area contributed by atoms with Gasteiger partial charge in [0.15, 0.2) is 0 Å². The van der Waals surface area contributed by atoms with Crippen molar-refractivity contribution in [3.8, 4) is 0 Å². The molecule has 0 saturated carbocycles.